The summed E-state index contributed by atoms with van der Waals surface area (Å²) in [6.45, 7) is 2.25. The number of rotatable bonds is 2. The van der Waals surface area contributed by atoms with E-state index in [1.807, 2.05) is 0 Å². The molecule has 5 nitrogen and oxygen atoms in total. The first-order valence-corrected chi connectivity index (χ1v) is 7.69. The van der Waals surface area contributed by atoms with Crippen LogP contribution in [0.4, 0.5) is 0 Å². The summed E-state index contributed by atoms with van der Waals surface area (Å²) in [7, 11) is -2.08. The Bertz CT molecular complexity index is 603. The summed E-state index contributed by atoms with van der Waals surface area (Å²) >= 11 is 5.94. The Hall–Kier alpha value is -1.11. The van der Waals surface area contributed by atoms with Crippen LogP contribution in [-0.4, -0.2) is 49.7 Å². The first-order valence-electron chi connectivity index (χ1n) is 5.87. The molecular weight excluding hydrogens is 288 g/mol. The Balaban J connectivity index is 2.41. The molecular formula is C12H15ClN2O3S. The number of sulfonamides is 1. The van der Waals surface area contributed by atoms with Crippen molar-refractivity contribution < 1.29 is 13.2 Å². The highest BCUT2D eigenvalue weighted by atomic mass is 35.5. The van der Waals surface area contributed by atoms with Gasteiger partial charge in [-0.15, -0.1) is 0 Å². The lowest BCUT2D eigenvalue weighted by Gasteiger charge is -2.36. The van der Waals surface area contributed by atoms with Crippen LogP contribution in [0.1, 0.15) is 6.92 Å². The molecule has 1 unspecified atom stereocenters. The summed E-state index contributed by atoms with van der Waals surface area (Å²) in [4.78, 5) is 13.5. The van der Waals surface area contributed by atoms with Gasteiger partial charge in [-0.05, 0) is 19.1 Å². The van der Waals surface area contributed by atoms with Crippen molar-refractivity contribution in [2.24, 2.45) is 0 Å². The highest BCUT2D eigenvalue weighted by Crippen LogP contribution is 2.27. The van der Waals surface area contributed by atoms with Crippen molar-refractivity contribution >= 4 is 27.5 Å². The van der Waals surface area contributed by atoms with Crippen molar-refractivity contribution in [2.45, 2.75) is 17.9 Å². The lowest BCUT2D eigenvalue weighted by Crippen LogP contribution is -2.56. The Morgan fingerprint density at radius 3 is 2.53 bits per heavy atom. The molecule has 1 atom stereocenters. The van der Waals surface area contributed by atoms with Gasteiger partial charge >= 0.3 is 0 Å². The van der Waals surface area contributed by atoms with E-state index in [1.165, 1.54) is 21.3 Å². The van der Waals surface area contributed by atoms with Gasteiger partial charge in [0.25, 0.3) is 0 Å². The van der Waals surface area contributed by atoms with E-state index in [2.05, 4.69) is 0 Å². The molecule has 1 aliphatic heterocycles. The zero-order valence-electron chi connectivity index (χ0n) is 10.7. The number of piperazine rings is 1. The van der Waals surface area contributed by atoms with E-state index in [9.17, 15) is 13.2 Å². The van der Waals surface area contributed by atoms with E-state index < -0.39 is 16.1 Å². The normalized spacial score (nSPS) is 21.7. The molecule has 1 aromatic rings. The number of benzene rings is 1. The molecule has 0 N–H and O–H groups in total. The van der Waals surface area contributed by atoms with Gasteiger partial charge in [-0.1, -0.05) is 23.7 Å². The zero-order chi connectivity index (χ0) is 14.2. The molecule has 19 heavy (non-hydrogen) atoms. The van der Waals surface area contributed by atoms with Crippen LogP contribution in [0.15, 0.2) is 29.2 Å². The van der Waals surface area contributed by atoms with E-state index >= 15 is 0 Å². The van der Waals surface area contributed by atoms with Crippen LogP contribution in [-0.2, 0) is 14.8 Å². The summed E-state index contributed by atoms with van der Waals surface area (Å²) in [6.07, 6.45) is 0. The van der Waals surface area contributed by atoms with Gasteiger partial charge in [0.1, 0.15) is 10.9 Å². The molecule has 1 amide bonds. The number of hydrogen-bond acceptors (Lipinski definition) is 3. The van der Waals surface area contributed by atoms with Crippen molar-refractivity contribution in [3.8, 4) is 0 Å². The minimum absolute atomic E-state index is 0.0425. The molecule has 2 rings (SSSR count). The summed E-state index contributed by atoms with van der Waals surface area (Å²) in [6, 6.07) is 5.55. The second-order valence-electron chi connectivity index (χ2n) is 4.48. The number of nitrogens with zero attached hydrogens (tertiary/aromatic N) is 2. The first kappa shape index (κ1) is 14.3. The Morgan fingerprint density at radius 2 is 1.89 bits per heavy atom. The number of amides is 1. The van der Waals surface area contributed by atoms with Gasteiger partial charge in [0.15, 0.2) is 0 Å². The monoisotopic (exact) mass is 302 g/mol. The number of hydrogen-bond donors (Lipinski definition) is 0. The molecule has 1 aliphatic rings. The third-order valence-electron chi connectivity index (χ3n) is 3.24. The first-order chi connectivity index (χ1) is 8.85. The molecule has 1 aromatic carbocycles. The predicted molar refractivity (Wildman–Crippen MR) is 72.4 cm³/mol. The second kappa shape index (κ2) is 5.11. The lowest BCUT2D eigenvalue weighted by atomic mass is 10.2. The van der Waals surface area contributed by atoms with Gasteiger partial charge in [-0.3, -0.25) is 4.79 Å². The molecule has 0 saturated carbocycles. The molecule has 0 radical (unpaired) electrons. The average Bonchev–Trinajstić information content (AvgIpc) is 2.36. The van der Waals surface area contributed by atoms with E-state index in [0.717, 1.165) is 0 Å². The number of carbonyl (C=O) groups excluding carboxylic acids is 1. The van der Waals surface area contributed by atoms with Crippen LogP contribution in [0.5, 0.6) is 0 Å². The van der Waals surface area contributed by atoms with Gasteiger partial charge < -0.3 is 4.90 Å². The smallest absolute Gasteiger partial charge is 0.245 e. The van der Waals surface area contributed by atoms with Gasteiger partial charge in [0.2, 0.25) is 15.9 Å². The molecule has 104 valence electrons. The minimum atomic E-state index is -3.74. The third kappa shape index (κ3) is 2.48. The van der Waals surface area contributed by atoms with Crippen molar-refractivity contribution in [1.29, 1.82) is 0 Å². The fourth-order valence-electron chi connectivity index (χ4n) is 2.10. The van der Waals surface area contributed by atoms with Crippen molar-refractivity contribution in [2.75, 3.05) is 20.1 Å². The molecule has 7 heteroatoms. The molecule has 0 aliphatic carbocycles. The Labute approximate surface area is 117 Å². The highest BCUT2D eigenvalue weighted by Gasteiger charge is 2.38. The van der Waals surface area contributed by atoms with Gasteiger partial charge in [-0.25, -0.2) is 8.42 Å². The van der Waals surface area contributed by atoms with Crippen LogP contribution < -0.4 is 0 Å². The van der Waals surface area contributed by atoms with Gasteiger partial charge in [0.05, 0.1) is 5.02 Å². The fraction of sp³-hybridized carbons (Fsp3) is 0.417. The molecule has 0 bridgehead atoms. The number of carbonyl (C=O) groups is 1. The third-order valence-corrected chi connectivity index (χ3v) is 5.71. The zero-order valence-corrected chi connectivity index (χ0v) is 12.3. The number of halogens is 1. The van der Waals surface area contributed by atoms with Crippen LogP contribution in [0, 0.1) is 0 Å². The summed E-state index contributed by atoms with van der Waals surface area (Å²) in [5.41, 5.74) is 0. The summed E-state index contributed by atoms with van der Waals surface area (Å²) < 4.78 is 26.3. The van der Waals surface area contributed by atoms with E-state index in [1.54, 1.807) is 26.1 Å². The highest BCUT2D eigenvalue weighted by molar-refractivity contribution is 7.89. The maximum atomic E-state index is 12.5. The Morgan fingerprint density at radius 1 is 1.26 bits per heavy atom. The van der Waals surface area contributed by atoms with E-state index in [0.29, 0.717) is 6.54 Å². The number of likely N-dealkylation sites (N-methyl/N-ethyl adjacent to an activating group) is 1. The predicted octanol–water partition coefficient (Wildman–Crippen LogP) is 1.19. The summed E-state index contributed by atoms with van der Waals surface area (Å²) in [5.74, 6) is -0.207. The standard InChI is InChI=1S/C12H15ClN2O3S/c1-9-12(16)14(2)7-8-15(9)19(17,18)11-6-4-3-5-10(11)13/h3-6,9H,7-8H2,1-2H3. The SMILES string of the molecule is CC1C(=O)N(C)CCN1S(=O)(=O)c1ccccc1Cl. The lowest BCUT2D eigenvalue weighted by molar-refractivity contribution is -0.136. The van der Waals surface area contributed by atoms with Crippen molar-refractivity contribution in [1.82, 2.24) is 9.21 Å². The second-order valence-corrected chi connectivity index (χ2v) is 6.75. The largest absolute Gasteiger partial charge is 0.343 e. The maximum absolute atomic E-state index is 12.5. The van der Waals surface area contributed by atoms with Gasteiger partial charge in [0, 0.05) is 20.1 Å². The van der Waals surface area contributed by atoms with E-state index in [-0.39, 0.29) is 22.4 Å². The topological polar surface area (TPSA) is 57.7 Å². The quantitative estimate of drug-likeness (QED) is 0.824. The maximum Gasteiger partial charge on any atom is 0.245 e. The molecule has 1 heterocycles. The van der Waals surface area contributed by atoms with Crippen LogP contribution in [0.3, 0.4) is 0 Å². The van der Waals surface area contributed by atoms with Gasteiger partial charge in [-0.2, -0.15) is 4.31 Å². The molecule has 1 saturated heterocycles. The van der Waals surface area contributed by atoms with Crippen LogP contribution in [0.2, 0.25) is 5.02 Å². The van der Waals surface area contributed by atoms with Crippen LogP contribution >= 0.6 is 11.6 Å². The van der Waals surface area contributed by atoms with Crippen molar-refractivity contribution in [3.63, 3.8) is 0 Å². The fourth-order valence-corrected chi connectivity index (χ4v) is 4.18. The van der Waals surface area contributed by atoms with E-state index in [4.69, 9.17) is 11.6 Å². The summed E-state index contributed by atoms with van der Waals surface area (Å²) in [5, 5.41) is 0.168. The van der Waals surface area contributed by atoms with Crippen molar-refractivity contribution in [3.05, 3.63) is 29.3 Å². The molecule has 0 spiro atoms. The average molecular weight is 303 g/mol. The molecule has 0 aromatic heterocycles. The molecule has 1 fully saturated rings. The van der Waals surface area contributed by atoms with Crippen LogP contribution in [0.25, 0.3) is 0 Å². The minimum Gasteiger partial charge on any atom is -0.343 e. The Kier molecular flexibility index (Phi) is 3.85.